The highest BCUT2D eigenvalue weighted by Gasteiger charge is 2.58. The van der Waals surface area contributed by atoms with Crippen molar-refractivity contribution in [2.45, 2.75) is 19.3 Å². The smallest absolute Gasteiger partial charge is 0.246 e. The van der Waals surface area contributed by atoms with Gasteiger partial charge >= 0.3 is 0 Å². The molecule has 0 bridgehead atoms. The molecule has 1 unspecified atom stereocenters. The van der Waals surface area contributed by atoms with Crippen LogP contribution in [0.2, 0.25) is 5.02 Å². The minimum absolute atomic E-state index is 0.00418. The molecule has 1 heterocycles. The summed E-state index contributed by atoms with van der Waals surface area (Å²) in [4.78, 5) is 27.1. The van der Waals surface area contributed by atoms with Crippen LogP contribution in [0.5, 0.6) is 5.75 Å². The van der Waals surface area contributed by atoms with Crippen LogP contribution in [0, 0.1) is 11.3 Å². The molecule has 2 aromatic rings. The van der Waals surface area contributed by atoms with Crippen molar-refractivity contribution in [2.24, 2.45) is 11.3 Å². The third-order valence-electron chi connectivity index (χ3n) is 6.21. The van der Waals surface area contributed by atoms with E-state index in [4.69, 9.17) is 16.3 Å². The summed E-state index contributed by atoms with van der Waals surface area (Å²) < 4.78 is 5.14. The summed E-state index contributed by atoms with van der Waals surface area (Å²) in [5.74, 6) is 0.634. The molecule has 2 amide bonds. The van der Waals surface area contributed by atoms with E-state index in [1.54, 1.807) is 31.4 Å². The molecule has 0 aromatic heterocycles. The Morgan fingerprint density at radius 3 is 2.57 bits per heavy atom. The number of likely N-dealkylation sites (tertiary alicyclic amines) is 1. The van der Waals surface area contributed by atoms with Crippen LogP contribution in [-0.2, 0) is 9.59 Å². The van der Waals surface area contributed by atoms with E-state index in [-0.39, 0.29) is 23.1 Å². The van der Waals surface area contributed by atoms with Crippen molar-refractivity contribution in [1.82, 2.24) is 4.90 Å². The zero-order valence-corrected chi connectivity index (χ0v) is 17.7. The second-order valence-corrected chi connectivity index (χ2v) is 8.43. The van der Waals surface area contributed by atoms with Crippen LogP contribution in [0.1, 0.15) is 24.8 Å². The van der Waals surface area contributed by atoms with E-state index in [2.05, 4.69) is 5.32 Å². The van der Waals surface area contributed by atoms with Gasteiger partial charge in [-0.3, -0.25) is 9.59 Å². The number of hydrogen-bond acceptors (Lipinski definition) is 3. The summed E-state index contributed by atoms with van der Waals surface area (Å²) in [5.41, 5.74) is 1.71. The Kier molecular flexibility index (Phi) is 5.82. The minimum Gasteiger partial charge on any atom is -0.495 e. The molecular formula is C24H25ClN2O3. The van der Waals surface area contributed by atoms with E-state index in [0.29, 0.717) is 29.5 Å². The summed E-state index contributed by atoms with van der Waals surface area (Å²) in [6.07, 6.45) is 6.08. The SMILES string of the molecule is COc1ccc(NC(=O)C2CC23CCN(C(=O)/C=C/c2ccccc2)CC3)cc1Cl. The number of amides is 2. The maximum atomic E-state index is 12.7. The molecule has 2 aromatic carbocycles. The number of piperidine rings is 1. The Hall–Kier alpha value is -2.79. The number of ether oxygens (including phenoxy) is 1. The largest absolute Gasteiger partial charge is 0.495 e. The normalized spacial score (nSPS) is 19.7. The molecular weight excluding hydrogens is 400 g/mol. The fourth-order valence-corrected chi connectivity index (χ4v) is 4.51. The number of nitrogens with zero attached hydrogens (tertiary/aromatic N) is 1. The molecule has 30 heavy (non-hydrogen) atoms. The van der Waals surface area contributed by atoms with Gasteiger partial charge in [-0.15, -0.1) is 0 Å². The molecule has 5 nitrogen and oxygen atoms in total. The number of carbonyl (C=O) groups excluding carboxylic acids is 2. The summed E-state index contributed by atoms with van der Waals surface area (Å²) in [7, 11) is 1.56. The Balaban J connectivity index is 1.29. The van der Waals surface area contributed by atoms with Crippen molar-refractivity contribution in [3.8, 4) is 5.75 Å². The molecule has 1 spiro atoms. The summed E-state index contributed by atoms with van der Waals surface area (Å²) in [6.45, 7) is 1.38. The number of halogens is 1. The number of nitrogens with one attached hydrogen (secondary N) is 1. The summed E-state index contributed by atoms with van der Waals surface area (Å²) in [5, 5.41) is 3.44. The number of rotatable bonds is 5. The molecule has 4 rings (SSSR count). The van der Waals surface area contributed by atoms with Gasteiger partial charge in [-0.25, -0.2) is 0 Å². The molecule has 1 aliphatic carbocycles. The van der Waals surface area contributed by atoms with Gasteiger partial charge < -0.3 is 15.0 Å². The second-order valence-electron chi connectivity index (χ2n) is 8.03. The quantitative estimate of drug-likeness (QED) is 0.712. The van der Waals surface area contributed by atoms with Gasteiger partial charge in [-0.2, -0.15) is 0 Å². The first-order chi connectivity index (χ1) is 14.5. The minimum atomic E-state index is -0.00418. The number of carbonyl (C=O) groups is 2. The van der Waals surface area contributed by atoms with Crippen LogP contribution in [0.4, 0.5) is 5.69 Å². The van der Waals surface area contributed by atoms with E-state index in [0.717, 1.165) is 24.8 Å². The maximum Gasteiger partial charge on any atom is 0.246 e. The zero-order valence-electron chi connectivity index (χ0n) is 16.9. The lowest BCUT2D eigenvalue weighted by molar-refractivity contribution is -0.127. The second kappa shape index (κ2) is 8.52. The molecule has 1 atom stereocenters. The van der Waals surface area contributed by atoms with E-state index in [9.17, 15) is 9.59 Å². The molecule has 6 heteroatoms. The Bertz CT molecular complexity index is 966. The van der Waals surface area contributed by atoms with Crippen LogP contribution in [-0.4, -0.2) is 36.9 Å². The first-order valence-electron chi connectivity index (χ1n) is 10.2. The number of anilines is 1. The average Bonchev–Trinajstić information content (AvgIpc) is 3.47. The fraction of sp³-hybridized carbons (Fsp3) is 0.333. The molecule has 1 N–H and O–H groups in total. The van der Waals surface area contributed by atoms with Gasteiger partial charge in [0.05, 0.1) is 12.1 Å². The topological polar surface area (TPSA) is 58.6 Å². The molecule has 1 saturated carbocycles. The Labute approximate surface area is 181 Å². The first kappa shape index (κ1) is 20.5. The van der Waals surface area contributed by atoms with E-state index >= 15 is 0 Å². The third kappa shape index (κ3) is 4.36. The lowest BCUT2D eigenvalue weighted by Gasteiger charge is -2.32. The van der Waals surface area contributed by atoms with Gasteiger partial charge in [0.2, 0.25) is 11.8 Å². The Morgan fingerprint density at radius 2 is 1.90 bits per heavy atom. The zero-order chi connectivity index (χ0) is 21.1. The van der Waals surface area contributed by atoms with Gasteiger partial charge in [-0.1, -0.05) is 41.9 Å². The summed E-state index contributed by atoms with van der Waals surface area (Å²) in [6, 6.07) is 15.0. The van der Waals surface area contributed by atoms with Gasteiger partial charge in [-0.05, 0) is 54.5 Å². The van der Waals surface area contributed by atoms with Crippen molar-refractivity contribution in [2.75, 3.05) is 25.5 Å². The van der Waals surface area contributed by atoms with E-state index in [1.807, 2.05) is 41.3 Å². The van der Waals surface area contributed by atoms with Crippen LogP contribution < -0.4 is 10.1 Å². The molecule has 1 aliphatic heterocycles. The Morgan fingerprint density at radius 1 is 1.17 bits per heavy atom. The van der Waals surface area contributed by atoms with Gasteiger partial charge in [0.25, 0.3) is 0 Å². The molecule has 156 valence electrons. The van der Waals surface area contributed by atoms with Crippen molar-refractivity contribution in [1.29, 1.82) is 0 Å². The third-order valence-corrected chi connectivity index (χ3v) is 6.51. The fourth-order valence-electron chi connectivity index (χ4n) is 4.25. The van der Waals surface area contributed by atoms with Crippen LogP contribution in [0.15, 0.2) is 54.6 Å². The van der Waals surface area contributed by atoms with Crippen LogP contribution in [0.3, 0.4) is 0 Å². The lowest BCUT2D eigenvalue weighted by Crippen LogP contribution is -2.39. The first-order valence-corrected chi connectivity index (χ1v) is 10.5. The lowest BCUT2D eigenvalue weighted by atomic mass is 9.90. The van der Waals surface area contributed by atoms with Crippen LogP contribution in [0.25, 0.3) is 6.08 Å². The molecule has 1 saturated heterocycles. The number of methoxy groups -OCH3 is 1. The van der Waals surface area contributed by atoms with Gasteiger partial charge in [0.15, 0.2) is 0 Å². The van der Waals surface area contributed by atoms with E-state index in [1.165, 1.54) is 0 Å². The average molecular weight is 425 g/mol. The maximum absolute atomic E-state index is 12.7. The van der Waals surface area contributed by atoms with Crippen molar-refractivity contribution in [3.63, 3.8) is 0 Å². The standard InChI is InChI=1S/C24H25ClN2O3/c1-30-21-9-8-18(15-20(21)25)26-23(29)19-16-24(19)11-13-27(14-12-24)22(28)10-7-17-5-3-2-4-6-17/h2-10,15,19H,11-14,16H2,1H3,(H,26,29)/b10-7+. The highest BCUT2D eigenvalue weighted by atomic mass is 35.5. The number of benzene rings is 2. The summed E-state index contributed by atoms with van der Waals surface area (Å²) >= 11 is 6.14. The monoisotopic (exact) mass is 424 g/mol. The highest BCUT2D eigenvalue weighted by Crippen LogP contribution is 2.59. The van der Waals surface area contributed by atoms with Gasteiger partial charge in [0, 0.05) is 30.8 Å². The van der Waals surface area contributed by atoms with Crippen molar-refractivity contribution < 1.29 is 14.3 Å². The van der Waals surface area contributed by atoms with Crippen molar-refractivity contribution >= 4 is 35.2 Å². The number of hydrogen-bond donors (Lipinski definition) is 1. The highest BCUT2D eigenvalue weighted by molar-refractivity contribution is 6.32. The van der Waals surface area contributed by atoms with Crippen LogP contribution >= 0.6 is 11.6 Å². The predicted molar refractivity (Wildman–Crippen MR) is 118 cm³/mol. The molecule has 2 fully saturated rings. The predicted octanol–water partition coefficient (Wildman–Crippen LogP) is 4.63. The van der Waals surface area contributed by atoms with Crippen molar-refractivity contribution in [3.05, 3.63) is 65.2 Å². The van der Waals surface area contributed by atoms with Gasteiger partial charge in [0.1, 0.15) is 5.75 Å². The molecule has 2 aliphatic rings. The molecule has 0 radical (unpaired) electrons. The van der Waals surface area contributed by atoms with E-state index < -0.39 is 0 Å².